The molecular weight excluding hydrogens is 252 g/mol. The Morgan fingerprint density at radius 2 is 1.90 bits per heavy atom. The molecule has 1 N–H and O–H groups in total. The highest BCUT2D eigenvalue weighted by Crippen LogP contribution is 2.08. The first-order valence-electron chi connectivity index (χ1n) is 6.87. The van der Waals surface area contributed by atoms with Crippen LogP contribution >= 0.6 is 0 Å². The van der Waals surface area contributed by atoms with Gasteiger partial charge in [0.05, 0.1) is 11.4 Å². The van der Waals surface area contributed by atoms with Crippen LogP contribution in [0.4, 0.5) is 5.69 Å². The van der Waals surface area contributed by atoms with Gasteiger partial charge < -0.3 is 5.32 Å². The number of para-hydroxylation sites is 1. The van der Waals surface area contributed by atoms with Crippen molar-refractivity contribution in [1.29, 1.82) is 0 Å². The summed E-state index contributed by atoms with van der Waals surface area (Å²) in [6, 6.07) is 9.43. The third kappa shape index (κ3) is 4.50. The van der Waals surface area contributed by atoms with Gasteiger partial charge >= 0.3 is 0 Å². The van der Waals surface area contributed by atoms with E-state index in [0.29, 0.717) is 12.8 Å². The predicted molar refractivity (Wildman–Crippen MR) is 80.5 cm³/mol. The third-order valence-electron chi connectivity index (χ3n) is 2.85. The van der Waals surface area contributed by atoms with Gasteiger partial charge in [0.25, 0.3) is 0 Å². The lowest BCUT2D eigenvalue weighted by Crippen LogP contribution is -2.12. The summed E-state index contributed by atoms with van der Waals surface area (Å²) < 4.78 is 1.71. The molecule has 0 saturated carbocycles. The minimum atomic E-state index is -0.00810. The molecule has 108 valence electrons. The number of rotatable bonds is 4. The van der Waals surface area contributed by atoms with Gasteiger partial charge in [-0.25, -0.2) is 0 Å². The summed E-state index contributed by atoms with van der Waals surface area (Å²) in [7, 11) is 1.84. The van der Waals surface area contributed by atoms with Crippen LogP contribution in [0.2, 0.25) is 0 Å². The van der Waals surface area contributed by atoms with Crippen LogP contribution in [0.5, 0.6) is 0 Å². The van der Waals surface area contributed by atoms with Crippen molar-refractivity contribution in [3.8, 4) is 0 Å². The number of aromatic nitrogens is 3. The van der Waals surface area contributed by atoms with E-state index < -0.39 is 0 Å². The topological polar surface area (TPSA) is 59.8 Å². The second kappa shape index (κ2) is 8.09. The molecule has 0 atom stereocenters. The smallest absolute Gasteiger partial charge is 0.224 e. The summed E-state index contributed by atoms with van der Waals surface area (Å²) in [4.78, 5) is 11.7. The number of amides is 1. The predicted octanol–water partition coefficient (Wildman–Crippen LogP) is 2.72. The van der Waals surface area contributed by atoms with E-state index in [4.69, 9.17) is 0 Å². The fourth-order valence-corrected chi connectivity index (χ4v) is 1.66. The number of benzene rings is 1. The van der Waals surface area contributed by atoms with Crippen LogP contribution in [-0.2, 0) is 18.3 Å². The molecule has 5 heteroatoms. The first-order valence-corrected chi connectivity index (χ1v) is 6.87. The first-order chi connectivity index (χ1) is 9.66. The summed E-state index contributed by atoms with van der Waals surface area (Å²) in [5, 5.41) is 10.8. The Morgan fingerprint density at radius 3 is 2.45 bits per heavy atom. The van der Waals surface area contributed by atoms with Crippen molar-refractivity contribution in [2.45, 2.75) is 33.6 Å². The van der Waals surface area contributed by atoms with Gasteiger partial charge in [-0.05, 0) is 19.1 Å². The van der Waals surface area contributed by atoms with Gasteiger partial charge in [-0.15, -0.1) is 5.10 Å². The summed E-state index contributed by atoms with van der Waals surface area (Å²) in [5.41, 5.74) is 2.70. The van der Waals surface area contributed by atoms with Gasteiger partial charge in [-0.3, -0.25) is 9.48 Å². The number of carbonyl (C=O) groups is 1. The third-order valence-corrected chi connectivity index (χ3v) is 2.85. The van der Waals surface area contributed by atoms with Crippen LogP contribution in [0.3, 0.4) is 0 Å². The van der Waals surface area contributed by atoms with Crippen molar-refractivity contribution in [2.75, 3.05) is 5.32 Å². The van der Waals surface area contributed by atoms with E-state index in [1.54, 1.807) is 4.68 Å². The monoisotopic (exact) mass is 274 g/mol. The van der Waals surface area contributed by atoms with Crippen LogP contribution < -0.4 is 5.32 Å². The quantitative estimate of drug-likeness (QED) is 0.932. The second-order valence-corrected chi connectivity index (χ2v) is 4.16. The zero-order valence-electron chi connectivity index (χ0n) is 12.6. The van der Waals surface area contributed by atoms with Gasteiger partial charge in [0.1, 0.15) is 0 Å². The molecule has 1 heterocycles. The maximum absolute atomic E-state index is 11.7. The average molecular weight is 274 g/mol. The number of hydrogen-bond donors (Lipinski definition) is 1. The lowest BCUT2D eigenvalue weighted by Gasteiger charge is -2.04. The first kappa shape index (κ1) is 15.9. The molecule has 0 aliphatic carbocycles. The second-order valence-electron chi connectivity index (χ2n) is 4.16. The molecule has 1 amide bonds. The number of aryl methyl sites for hydroxylation is 2. The highest BCUT2D eigenvalue weighted by molar-refractivity contribution is 5.90. The normalized spacial score (nSPS) is 9.60. The molecule has 0 bridgehead atoms. The van der Waals surface area contributed by atoms with Crippen molar-refractivity contribution in [1.82, 2.24) is 15.0 Å². The Labute approximate surface area is 120 Å². The maximum Gasteiger partial charge on any atom is 0.224 e. The van der Waals surface area contributed by atoms with Crippen molar-refractivity contribution in [2.24, 2.45) is 7.05 Å². The largest absolute Gasteiger partial charge is 0.326 e. The number of carbonyl (C=O) groups excluding carboxylic acids is 1. The molecular formula is C15H22N4O. The van der Waals surface area contributed by atoms with E-state index in [2.05, 4.69) is 15.6 Å². The zero-order valence-corrected chi connectivity index (χ0v) is 12.6. The SMILES string of the molecule is CC.Cc1c(CCC(=O)Nc2ccccc2)nnn1C. The average Bonchev–Trinajstić information content (AvgIpc) is 2.80. The van der Waals surface area contributed by atoms with Gasteiger partial charge in [0.2, 0.25) is 5.91 Å². The van der Waals surface area contributed by atoms with E-state index in [1.807, 2.05) is 58.2 Å². The van der Waals surface area contributed by atoms with Crippen molar-refractivity contribution in [3.05, 3.63) is 41.7 Å². The van der Waals surface area contributed by atoms with E-state index in [-0.39, 0.29) is 5.91 Å². The molecule has 0 radical (unpaired) electrons. The van der Waals surface area contributed by atoms with E-state index in [0.717, 1.165) is 17.1 Å². The van der Waals surface area contributed by atoms with Gasteiger partial charge in [0, 0.05) is 25.6 Å². The highest BCUT2D eigenvalue weighted by atomic mass is 16.1. The lowest BCUT2D eigenvalue weighted by molar-refractivity contribution is -0.116. The van der Waals surface area contributed by atoms with Crippen molar-refractivity contribution < 1.29 is 4.79 Å². The fraction of sp³-hybridized carbons (Fsp3) is 0.400. The molecule has 2 aromatic rings. The molecule has 0 aliphatic heterocycles. The van der Waals surface area contributed by atoms with Gasteiger partial charge in [-0.2, -0.15) is 0 Å². The number of anilines is 1. The molecule has 1 aromatic carbocycles. The highest BCUT2D eigenvalue weighted by Gasteiger charge is 2.08. The van der Waals surface area contributed by atoms with E-state index in [1.165, 1.54) is 0 Å². The Hall–Kier alpha value is -2.17. The van der Waals surface area contributed by atoms with Crippen LogP contribution in [0.1, 0.15) is 31.7 Å². The molecule has 0 unspecified atom stereocenters. The van der Waals surface area contributed by atoms with Gasteiger partial charge in [0.15, 0.2) is 0 Å². The molecule has 20 heavy (non-hydrogen) atoms. The summed E-state index contributed by atoms with van der Waals surface area (Å²) in [6.07, 6.45) is 1.02. The molecule has 2 rings (SSSR count). The minimum absolute atomic E-state index is 0.00810. The molecule has 1 aromatic heterocycles. The Bertz CT molecular complexity index is 534. The molecule has 0 fully saturated rings. The molecule has 0 saturated heterocycles. The Balaban J connectivity index is 0.000000956. The number of nitrogens with zero attached hydrogens (tertiary/aromatic N) is 3. The fourth-order valence-electron chi connectivity index (χ4n) is 1.66. The number of nitrogens with one attached hydrogen (secondary N) is 1. The van der Waals surface area contributed by atoms with E-state index in [9.17, 15) is 4.79 Å². The molecule has 0 aliphatic rings. The maximum atomic E-state index is 11.7. The van der Waals surface area contributed by atoms with Gasteiger partial charge in [-0.1, -0.05) is 37.3 Å². The number of hydrogen-bond acceptors (Lipinski definition) is 3. The summed E-state index contributed by atoms with van der Waals surface area (Å²) in [5.74, 6) is -0.00810. The molecule has 5 nitrogen and oxygen atoms in total. The van der Waals surface area contributed by atoms with Crippen LogP contribution in [0, 0.1) is 6.92 Å². The van der Waals surface area contributed by atoms with E-state index >= 15 is 0 Å². The standard InChI is InChI=1S/C13H16N4O.C2H6/c1-10-12(15-16-17(10)2)8-9-13(18)14-11-6-4-3-5-7-11;1-2/h3-7H,8-9H2,1-2H3,(H,14,18);1-2H3. The lowest BCUT2D eigenvalue weighted by atomic mass is 10.2. The van der Waals surface area contributed by atoms with Crippen molar-refractivity contribution in [3.63, 3.8) is 0 Å². The van der Waals surface area contributed by atoms with Crippen LogP contribution in [0.25, 0.3) is 0 Å². The minimum Gasteiger partial charge on any atom is -0.326 e. The zero-order chi connectivity index (χ0) is 15.0. The molecule has 0 spiro atoms. The Kier molecular flexibility index (Phi) is 6.43. The van der Waals surface area contributed by atoms with Crippen molar-refractivity contribution >= 4 is 11.6 Å². The summed E-state index contributed by atoms with van der Waals surface area (Å²) >= 11 is 0. The summed E-state index contributed by atoms with van der Waals surface area (Å²) in [6.45, 7) is 5.95. The Morgan fingerprint density at radius 1 is 1.25 bits per heavy atom. The van der Waals surface area contributed by atoms with Crippen LogP contribution in [-0.4, -0.2) is 20.9 Å². The van der Waals surface area contributed by atoms with Crippen LogP contribution in [0.15, 0.2) is 30.3 Å².